The summed E-state index contributed by atoms with van der Waals surface area (Å²) in [5.74, 6) is 2.64. The van der Waals surface area contributed by atoms with Crippen molar-refractivity contribution in [2.24, 2.45) is 0 Å². The number of amides is 1. The molecule has 4 nitrogen and oxygen atoms in total. The van der Waals surface area contributed by atoms with E-state index in [2.05, 4.69) is 29.2 Å². The number of carbonyl (C=O) groups is 1. The monoisotopic (exact) mass is 418 g/mol. The molecule has 0 spiro atoms. The Balaban J connectivity index is 1.50. The lowest BCUT2D eigenvalue weighted by molar-refractivity contribution is 0.0744. The van der Waals surface area contributed by atoms with E-state index >= 15 is 0 Å². The fraction of sp³-hybridized carbons (Fsp3) is 0.280. The number of pyridine rings is 1. The second-order valence-electron chi connectivity index (χ2n) is 7.43. The van der Waals surface area contributed by atoms with E-state index in [1.165, 1.54) is 5.56 Å². The Hall–Kier alpha value is -2.79. The third-order valence-corrected chi connectivity index (χ3v) is 6.31. The first-order valence-corrected chi connectivity index (χ1v) is 11.5. The van der Waals surface area contributed by atoms with Crippen LogP contribution in [0.1, 0.15) is 27.9 Å². The summed E-state index contributed by atoms with van der Waals surface area (Å²) >= 11 is 1.89. The summed E-state index contributed by atoms with van der Waals surface area (Å²) in [5, 5.41) is 0. The molecular weight excluding hydrogens is 392 g/mol. The average molecular weight is 419 g/mol. The molecule has 1 amide bonds. The van der Waals surface area contributed by atoms with Gasteiger partial charge in [0.15, 0.2) is 0 Å². The molecule has 2 aromatic carbocycles. The van der Waals surface area contributed by atoms with Gasteiger partial charge in [-0.1, -0.05) is 60.7 Å². The van der Waals surface area contributed by atoms with Crippen molar-refractivity contribution in [1.29, 1.82) is 0 Å². The molecule has 1 unspecified atom stereocenters. The van der Waals surface area contributed by atoms with Crippen molar-refractivity contribution in [3.05, 3.63) is 95.7 Å². The van der Waals surface area contributed by atoms with E-state index in [1.54, 1.807) is 18.3 Å². The van der Waals surface area contributed by atoms with Crippen LogP contribution in [0.5, 0.6) is 5.88 Å². The Morgan fingerprint density at radius 2 is 1.77 bits per heavy atom. The molecule has 0 N–H and O–H groups in total. The Labute approximate surface area is 182 Å². The van der Waals surface area contributed by atoms with Crippen LogP contribution in [0.25, 0.3) is 0 Å². The highest BCUT2D eigenvalue weighted by Crippen LogP contribution is 2.23. The van der Waals surface area contributed by atoms with Crippen molar-refractivity contribution in [2.75, 3.05) is 18.1 Å². The Morgan fingerprint density at radius 3 is 2.47 bits per heavy atom. The van der Waals surface area contributed by atoms with E-state index in [9.17, 15) is 4.79 Å². The van der Waals surface area contributed by atoms with Gasteiger partial charge in [0.25, 0.3) is 5.91 Å². The van der Waals surface area contributed by atoms with Gasteiger partial charge < -0.3 is 9.64 Å². The maximum absolute atomic E-state index is 13.4. The van der Waals surface area contributed by atoms with E-state index < -0.39 is 0 Å². The van der Waals surface area contributed by atoms with Crippen molar-refractivity contribution >= 4 is 17.7 Å². The molecule has 0 radical (unpaired) electrons. The third kappa shape index (κ3) is 5.63. The number of hydrogen-bond donors (Lipinski definition) is 0. The number of benzene rings is 2. The van der Waals surface area contributed by atoms with Gasteiger partial charge in [-0.2, -0.15) is 11.8 Å². The average Bonchev–Trinajstić information content (AvgIpc) is 3.31. The second kappa shape index (κ2) is 10.3. The first-order chi connectivity index (χ1) is 14.8. The van der Waals surface area contributed by atoms with Gasteiger partial charge in [0.05, 0.1) is 0 Å². The van der Waals surface area contributed by atoms with Gasteiger partial charge in [-0.05, 0) is 35.8 Å². The molecule has 154 valence electrons. The molecule has 1 aliphatic rings. The number of ether oxygens (including phenoxy) is 1. The van der Waals surface area contributed by atoms with E-state index in [1.807, 2.05) is 53.1 Å². The molecule has 1 aliphatic heterocycles. The van der Waals surface area contributed by atoms with Crippen molar-refractivity contribution in [3.8, 4) is 5.88 Å². The number of hydrogen-bond acceptors (Lipinski definition) is 4. The molecule has 1 saturated heterocycles. The van der Waals surface area contributed by atoms with Crippen LogP contribution in [-0.4, -0.2) is 39.9 Å². The minimum Gasteiger partial charge on any atom is -0.473 e. The number of thioether (sulfide) groups is 1. The normalized spacial score (nSPS) is 15.7. The number of nitrogens with zero attached hydrogens (tertiary/aromatic N) is 2. The first kappa shape index (κ1) is 20.5. The molecule has 1 aromatic heterocycles. The quantitative estimate of drug-likeness (QED) is 0.524. The Kier molecular flexibility index (Phi) is 7.03. The van der Waals surface area contributed by atoms with Crippen molar-refractivity contribution in [2.45, 2.75) is 25.5 Å². The lowest BCUT2D eigenvalue weighted by atomic mass is 10.1. The van der Waals surface area contributed by atoms with Gasteiger partial charge >= 0.3 is 0 Å². The molecule has 4 rings (SSSR count). The van der Waals surface area contributed by atoms with Crippen molar-refractivity contribution in [3.63, 3.8) is 0 Å². The fourth-order valence-corrected chi connectivity index (χ4v) is 4.62. The molecule has 0 saturated carbocycles. The maximum Gasteiger partial charge on any atom is 0.254 e. The van der Waals surface area contributed by atoms with Gasteiger partial charge in [0.2, 0.25) is 5.88 Å². The van der Waals surface area contributed by atoms with Crippen LogP contribution < -0.4 is 4.74 Å². The second-order valence-corrected chi connectivity index (χ2v) is 8.58. The molecule has 5 heteroatoms. The number of carbonyl (C=O) groups excluding carboxylic acids is 1. The molecule has 2 heterocycles. The molecule has 0 bridgehead atoms. The van der Waals surface area contributed by atoms with E-state index in [0.717, 1.165) is 29.9 Å². The van der Waals surface area contributed by atoms with Gasteiger partial charge in [-0.25, -0.2) is 4.98 Å². The van der Waals surface area contributed by atoms with Crippen molar-refractivity contribution in [1.82, 2.24) is 9.88 Å². The summed E-state index contributed by atoms with van der Waals surface area (Å²) in [7, 11) is 0. The number of rotatable bonds is 8. The van der Waals surface area contributed by atoms with E-state index in [-0.39, 0.29) is 12.0 Å². The summed E-state index contributed by atoms with van der Waals surface area (Å²) in [4.78, 5) is 19.6. The highest BCUT2D eigenvalue weighted by Gasteiger charge is 2.20. The van der Waals surface area contributed by atoms with Crippen LogP contribution in [0.3, 0.4) is 0 Å². The lowest BCUT2D eigenvalue weighted by Gasteiger charge is -2.23. The lowest BCUT2D eigenvalue weighted by Crippen LogP contribution is -2.32. The van der Waals surface area contributed by atoms with Crippen molar-refractivity contribution < 1.29 is 9.53 Å². The summed E-state index contributed by atoms with van der Waals surface area (Å²) in [6.45, 7) is 1.22. The third-order valence-electron chi connectivity index (χ3n) is 5.17. The molecule has 0 aliphatic carbocycles. The van der Waals surface area contributed by atoms with Crippen LogP contribution >= 0.6 is 11.8 Å². The summed E-state index contributed by atoms with van der Waals surface area (Å²) in [6.07, 6.45) is 3.70. The Morgan fingerprint density at radius 1 is 1.03 bits per heavy atom. The zero-order chi connectivity index (χ0) is 20.6. The van der Waals surface area contributed by atoms with Gasteiger partial charge in [-0.15, -0.1) is 0 Å². The number of aromatic nitrogens is 1. The van der Waals surface area contributed by atoms with Crippen LogP contribution in [0.2, 0.25) is 0 Å². The SMILES string of the molecule is O=C(c1ccnc(OC2CCSC2)c1)N(CCc1ccccc1)Cc1ccccc1. The minimum atomic E-state index is 0.00262. The molecular formula is C25H26N2O2S. The highest BCUT2D eigenvalue weighted by molar-refractivity contribution is 7.99. The summed E-state index contributed by atoms with van der Waals surface area (Å²) in [6, 6.07) is 24.0. The van der Waals surface area contributed by atoms with Crippen LogP contribution in [-0.2, 0) is 13.0 Å². The van der Waals surface area contributed by atoms with Gasteiger partial charge in [0, 0.05) is 36.7 Å². The van der Waals surface area contributed by atoms with Gasteiger partial charge in [0.1, 0.15) is 6.10 Å². The van der Waals surface area contributed by atoms with Crippen LogP contribution in [0.4, 0.5) is 0 Å². The minimum absolute atomic E-state index is 0.00262. The smallest absolute Gasteiger partial charge is 0.254 e. The predicted molar refractivity (Wildman–Crippen MR) is 122 cm³/mol. The standard InChI is InChI=1S/C25H26N2O2S/c28-25(22-11-14-26-24(17-22)29-23-13-16-30-19-23)27(18-21-9-5-2-6-10-21)15-12-20-7-3-1-4-8-20/h1-11,14,17,23H,12-13,15-16,18-19H2. The topological polar surface area (TPSA) is 42.4 Å². The molecule has 3 aromatic rings. The van der Waals surface area contributed by atoms with Crippen LogP contribution in [0.15, 0.2) is 79.0 Å². The molecule has 30 heavy (non-hydrogen) atoms. The predicted octanol–water partition coefficient (Wildman–Crippen LogP) is 4.85. The molecule has 1 fully saturated rings. The zero-order valence-corrected chi connectivity index (χ0v) is 17.8. The zero-order valence-electron chi connectivity index (χ0n) is 16.9. The van der Waals surface area contributed by atoms with E-state index in [4.69, 9.17) is 4.74 Å². The van der Waals surface area contributed by atoms with Crippen LogP contribution in [0, 0.1) is 0 Å². The molecule has 1 atom stereocenters. The summed E-state index contributed by atoms with van der Waals surface area (Å²) < 4.78 is 5.99. The fourth-order valence-electron chi connectivity index (χ4n) is 3.53. The maximum atomic E-state index is 13.4. The highest BCUT2D eigenvalue weighted by atomic mass is 32.2. The first-order valence-electron chi connectivity index (χ1n) is 10.4. The van der Waals surface area contributed by atoms with E-state index in [0.29, 0.717) is 24.5 Å². The largest absolute Gasteiger partial charge is 0.473 e. The Bertz CT molecular complexity index is 944. The summed E-state index contributed by atoms with van der Waals surface area (Å²) in [5.41, 5.74) is 2.96. The van der Waals surface area contributed by atoms with Gasteiger partial charge in [-0.3, -0.25) is 4.79 Å².